The summed E-state index contributed by atoms with van der Waals surface area (Å²) in [6, 6.07) is 3.16. The van der Waals surface area contributed by atoms with Crippen molar-refractivity contribution < 1.29 is 19.4 Å². The van der Waals surface area contributed by atoms with Crippen molar-refractivity contribution in [3.05, 3.63) is 21.1 Å². The number of anilines is 1. The van der Waals surface area contributed by atoms with E-state index >= 15 is 0 Å². The van der Waals surface area contributed by atoms with Crippen molar-refractivity contribution in [1.29, 1.82) is 0 Å². The van der Waals surface area contributed by atoms with Crippen molar-refractivity contribution in [1.82, 2.24) is 0 Å². The van der Waals surface area contributed by atoms with Gasteiger partial charge in [0.25, 0.3) is 0 Å². The maximum atomic E-state index is 11.0. The molecule has 7 heteroatoms. The van der Waals surface area contributed by atoms with E-state index < -0.39 is 11.9 Å². The van der Waals surface area contributed by atoms with E-state index in [-0.39, 0.29) is 0 Å². The molecule has 5 nitrogen and oxygen atoms in total. The molecule has 0 atom stereocenters. The predicted octanol–water partition coefficient (Wildman–Crippen LogP) is 2.24. The highest BCUT2D eigenvalue weighted by Crippen LogP contribution is 2.34. The summed E-state index contributed by atoms with van der Waals surface area (Å²) in [7, 11) is 1.47. The number of halogens is 2. The Kier molecular flexibility index (Phi) is 4.31. The zero-order chi connectivity index (χ0) is 12.3. The largest absolute Gasteiger partial charge is 0.495 e. The Morgan fingerprint density at radius 2 is 1.94 bits per heavy atom. The molecule has 0 aromatic heterocycles. The van der Waals surface area contributed by atoms with Crippen LogP contribution in [-0.4, -0.2) is 24.1 Å². The van der Waals surface area contributed by atoms with Gasteiger partial charge in [0.1, 0.15) is 5.75 Å². The second kappa shape index (κ2) is 5.31. The normalized spacial score (nSPS) is 9.69. The van der Waals surface area contributed by atoms with E-state index in [4.69, 9.17) is 9.84 Å². The smallest absolute Gasteiger partial charge is 0.394 e. The summed E-state index contributed by atoms with van der Waals surface area (Å²) < 4.78 is 6.26. The minimum atomic E-state index is -1.55. The number of carboxylic acid groups (broad SMARTS) is 1. The van der Waals surface area contributed by atoms with Crippen LogP contribution in [0.25, 0.3) is 0 Å². The maximum Gasteiger partial charge on any atom is 0.394 e. The summed E-state index contributed by atoms with van der Waals surface area (Å²) >= 11 is 6.45. The fraction of sp³-hybridized carbons (Fsp3) is 0.111. The van der Waals surface area contributed by atoms with Crippen molar-refractivity contribution in [3.8, 4) is 5.75 Å². The number of carbonyl (C=O) groups is 2. The van der Waals surface area contributed by atoms with Crippen LogP contribution < -0.4 is 10.1 Å². The van der Waals surface area contributed by atoms with Crippen LogP contribution in [-0.2, 0) is 9.59 Å². The molecule has 86 valence electrons. The van der Waals surface area contributed by atoms with Gasteiger partial charge in [-0.2, -0.15) is 0 Å². The number of carbonyl (C=O) groups excluding carboxylic acids is 1. The Morgan fingerprint density at radius 3 is 2.44 bits per heavy atom. The molecule has 0 aliphatic rings. The first-order chi connectivity index (χ1) is 7.45. The van der Waals surface area contributed by atoms with E-state index in [1.807, 2.05) is 0 Å². The number of hydrogen-bond acceptors (Lipinski definition) is 3. The summed E-state index contributed by atoms with van der Waals surface area (Å²) in [5.41, 5.74) is 0.326. The lowest BCUT2D eigenvalue weighted by molar-refractivity contribution is -0.147. The zero-order valence-corrected chi connectivity index (χ0v) is 11.3. The van der Waals surface area contributed by atoms with Crippen LogP contribution in [0.4, 0.5) is 5.69 Å². The van der Waals surface area contributed by atoms with Crippen molar-refractivity contribution in [3.63, 3.8) is 0 Å². The van der Waals surface area contributed by atoms with E-state index in [0.29, 0.717) is 20.4 Å². The lowest BCUT2D eigenvalue weighted by atomic mass is 10.3. The molecule has 0 fully saturated rings. The van der Waals surface area contributed by atoms with Crippen LogP contribution >= 0.6 is 31.9 Å². The second-order valence-corrected chi connectivity index (χ2v) is 4.43. The molecule has 16 heavy (non-hydrogen) atoms. The molecule has 0 saturated carbocycles. The molecule has 0 aliphatic heterocycles. The third-order valence-corrected chi connectivity index (χ3v) is 2.96. The predicted molar refractivity (Wildman–Crippen MR) is 64.7 cm³/mol. The number of amides is 1. The number of rotatable bonds is 2. The van der Waals surface area contributed by atoms with Gasteiger partial charge in [-0.15, -0.1) is 0 Å². The lowest BCUT2D eigenvalue weighted by Crippen LogP contribution is -2.22. The molecular weight excluding hydrogens is 346 g/mol. The summed E-state index contributed by atoms with van der Waals surface area (Å²) in [5.74, 6) is -2.16. The van der Waals surface area contributed by atoms with Gasteiger partial charge in [0.15, 0.2) is 0 Å². The van der Waals surface area contributed by atoms with Gasteiger partial charge in [-0.05, 0) is 37.9 Å². The van der Waals surface area contributed by atoms with E-state index in [2.05, 4.69) is 37.2 Å². The summed E-state index contributed by atoms with van der Waals surface area (Å²) in [4.78, 5) is 21.3. The number of aliphatic carboxylic acids is 1. The molecule has 1 amide bonds. The van der Waals surface area contributed by atoms with Crippen molar-refractivity contribution in [2.45, 2.75) is 0 Å². The van der Waals surface area contributed by atoms with Crippen LogP contribution in [0.1, 0.15) is 0 Å². The Labute approximate surface area is 108 Å². The first-order valence-electron chi connectivity index (χ1n) is 4.03. The van der Waals surface area contributed by atoms with Crippen LogP contribution in [0.2, 0.25) is 0 Å². The molecule has 2 N–H and O–H groups in total. The molecule has 0 radical (unpaired) electrons. The number of hydrogen-bond donors (Lipinski definition) is 2. The third-order valence-electron chi connectivity index (χ3n) is 1.68. The van der Waals surface area contributed by atoms with Gasteiger partial charge in [-0.1, -0.05) is 0 Å². The number of carboxylic acids is 1. The quantitative estimate of drug-likeness (QED) is 0.800. The highest BCUT2D eigenvalue weighted by atomic mass is 79.9. The van der Waals surface area contributed by atoms with Gasteiger partial charge in [-0.25, -0.2) is 4.79 Å². The highest BCUT2D eigenvalue weighted by Gasteiger charge is 2.14. The number of nitrogens with one attached hydrogen (secondary N) is 1. The minimum Gasteiger partial charge on any atom is -0.495 e. The maximum absolute atomic E-state index is 11.0. The number of methoxy groups -OCH3 is 1. The van der Waals surface area contributed by atoms with Crippen molar-refractivity contribution >= 4 is 49.4 Å². The second-order valence-electron chi connectivity index (χ2n) is 2.73. The average molecular weight is 353 g/mol. The van der Waals surface area contributed by atoms with Gasteiger partial charge in [0, 0.05) is 10.5 Å². The van der Waals surface area contributed by atoms with Crippen LogP contribution in [0.3, 0.4) is 0 Å². The highest BCUT2D eigenvalue weighted by molar-refractivity contribution is 9.11. The van der Waals surface area contributed by atoms with Crippen molar-refractivity contribution in [2.24, 2.45) is 0 Å². The molecule has 0 bridgehead atoms. The summed E-state index contributed by atoms with van der Waals surface area (Å²) in [6.45, 7) is 0. The van der Waals surface area contributed by atoms with E-state index in [9.17, 15) is 9.59 Å². The van der Waals surface area contributed by atoms with E-state index in [1.165, 1.54) is 13.2 Å². The SMILES string of the molecule is COc1cc(NC(=O)C(=O)O)c(Br)cc1Br. The van der Waals surface area contributed by atoms with Crippen LogP contribution in [0, 0.1) is 0 Å². The van der Waals surface area contributed by atoms with Gasteiger partial charge >= 0.3 is 11.9 Å². The molecule has 0 heterocycles. The molecule has 1 aromatic rings. The number of ether oxygens (including phenoxy) is 1. The molecule has 0 unspecified atom stereocenters. The summed E-state index contributed by atoms with van der Waals surface area (Å²) in [6.07, 6.45) is 0. The van der Waals surface area contributed by atoms with Crippen molar-refractivity contribution in [2.75, 3.05) is 12.4 Å². The average Bonchev–Trinajstić information content (AvgIpc) is 2.21. The summed E-state index contributed by atoms with van der Waals surface area (Å²) in [5, 5.41) is 10.7. The van der Waals surface area contributed by atoms with E-state index in [1.54, 1.807) is 6.07 Å². The molecule has 1 aromatic carbocycles. The monoisotopic (exact) mass is 351 g/mol. The lowest BCUT2D eigenvalue weighted by Gasteiger charge is -2.09. The van der Waals surface area contributed by atoms with Crippen LogP contribution in [0.5, 0.6) is 5.75 Å². The van der Waals surface area contributed by atoms with Gasteiger partial charge < -0.3 is 15.2 Å². The number of benzene rings is 1. The minimum absolute atomic E-state index is 0.326. The van der Waals surface area contributed by atoms with E-state index in [0.717, 1.165) is 0 Å². The zero-order valence-electron chi connectivity index (χ0n) is 8.08. The Morgan fingerprint density at radius 1 is 1.31 bits per heavy atom. The molecule has 0 spiro atoms. The molecule has 0 saturated heterocycles. The molecule has 0 aliphatic carbocycles. The van der Waals surface area contributed by atoms with Gasteiger partial charge in [-0.3, -0.25) is 4.79 Å². The topological polar surface area (TPSA) is 75.6 Å². The first kappa shape index (κ1) is 13.0. The van der Waals surface area contributed by atoms with Gasteiger partial charge in [0.2, 0.25) is 0 Å². The standard InChI is InChI=1S/C9H7Br2NO4/c1-16-7-3-6(4(10)2-5(7)11)12-8(13)9(14)15/h2-3H,1H3,(H,12,13)(H,14,15). The Hall–Kier alpha value is -1.08. The Balaban J connectivity index is 3.05. The van der Waals surface area contributed by atoms with Crippen LogP contribution in [0.15, 0.2) is 21.1 Å². The molecular formula is C9H7Br2NO4. The van der Waals surface area contributed by atoms with Gasteiger partial charge in [0.05, 0.1) is 17.3 Å². The third kappa shape index (κ3) is 2.96. The fourth-order valence-electron chi connectivity index (χ4n) is 0.957. The fourth-order valence-corrected chi connectivity index (χ4v) is 2.21. The Bertz CT molecular complexity index is 447. The molecule has 1 rings (SSSR count). The first-order valence-corrected chi connectivity index (χ1v) is 5.61.